The summed E-state index contributed by atoms with van der Waals surface area (Å²) in [5.74, 6) is -1.74. The molecule has 1 rings (SSSR count). The molecule has 0 aliphatic carbocycles. The fourth-order valence-electron chi connectivity index (χ4n) is 1.58. The molecule has 80 valence electrons. The summed E-state index contributed by atoms with van der Waals surface area (Å²) in [4.78, 5) is 22.6. The monoisotopic (exact) mass is 202 g/mol. The molecule has 1 saturated heterocycles. The van der Waals surface area contributed by atoms with E-state index in [9.17, 15) is 9.59 Å². The van der Waals surface area contributed by atoms with Crippen molar-refractivity contribution < 1.29 is 19.8 Å². The standard InChI is InChI=1S/C8H14N2O4/c11-7(12)3-6-4-10(2-1-9-6)5-8(13)14/h6,9H,1-5H2,(H,11,12)(H,13,14). The van der Waals surface area contributed by atoms with Crippen molar-refractivity contribution in [1.29, 1.82) is 0 Å². The molecule has 1 aliphatic rings. The summed E-state index contributed by atoms with van der Waals surface area (Å²) in [5.41, 5.74) is 0. The van der Waals surface area contributed by atoms with Crippen LogP contribution in [0.1, 0.15) is 6.42 Å². The smallest absolute Gasteiger partial charge is 0.317 e. The molecule has 0 aromatic carbocycles. The molecule has 0 aromatic heterocycles. The number of carboxylic acid groups (broad SMARTS) is 2. The SMILES string of the molecule is O=C(O)CC1CN(CC(=O)O)CCN1. The Morgan fingerprint density at radius 2 is 2.07 bits per heavy atom. The van der Waals surface area contributed by atoms with Gasteiger partial charge < -0.3 is 15.5 Å². The molecule has 0 bridgehead atoms. The maximum Gasteiger partial charge on any atom is 0.317 e. The Hall–Kier alpha value is -1.14. The molecule has 1 unspecified atom stereocenters. The summed E-state index contributed by atoms with van der Waals surface area (Å²) in [6.07, 6.45) is 0.0378. The van der Waals surface area contributed by atoms with Crippen LogP contribution in [0.5, 0.6) is 0 Å². The van der Waals surface area contributed by atoms with Gasteiger partial charge in [-0.25, -0.2) is 0 Å². The van der Waals surface area contributed by atoms with Crippen LogP contribution in [0.25, 0.3) is 0 Å². The largest absolute Gasteiger partial charge is 0.481 e. The lowest BCUT2D eigenvalue weighted by Crippen LogP contribution is -2.52. The second-order valence-corrected chi connectivity index (χ2v) is 3.38. The summed E-state index contributed by atoms with van der Waals surface area (Å²) in [6.45, 7) is 1.77. The van der Waals surface area contributed by atoms with Crippen molar-refractivity contribution in [3.05, 3.63) is 0 Å². The lowest BCUT2D eigenvalue weighted by molar-refractivity contribution is -0.138. The van der Waals surface area contributed by atoms with Crippen molar-refractivity contribution in [2.24, 2.45) is 0 Å². The topological polar surface area (TPSA) is 89.9 Å². The molecule has 1 heterocycles. The van der Waals surface area contributed by atoms with Crippen molar-refractivity contribution in [1.82, 2.24) is 10.2 Å². The zero-order valence-corrected chi connectivity index (χ0v) is 7.77. The van der Waals surface area contributed by atoms with Crippen LogP contribution in [0, 0.1) is 0 Å². The van der Waals surface area contributed by atoms with Gasteiger partial charge in [-0.05, 0) is 0 Å². The maximum atomic E-state index is 10.4. The third kappa shape index (κ3) is 3.71. The summed E-state index contributed by atoms with van der Waals surface area (Å²) in [5, 5.41) is 20.2. The van der Waals surface area contributed by atoms with Crippen LogP contribution in [0.4, 0.5) is 0 Å². The normalized spacial score (nSPS) is 23.3. The number of piperazine rings is 1. The van der Waals surface area contributed by atoms with Gasteiger partial charge in [-0.3, -0.25) is 14.5 Å². The van der Waals surface area contributed by atoms with Crippen LogP contribution in [0.15, 0.2) is 0 Å². The number of carbonyl (C=O) groups is 2. The van der Waals surface area contributed by atoms with E-state index in [0.29, 0.717) is 19.6 Å². The highest BCUT2D eigenvalue weighted by atomic mass is 16.4. The van der Waals surface area contributed by atoms with Gasteiger partial charge in [-0.2, -0.15) is 0 Å². The second kappa shape index (κ2) is 4.92. The third-order valence-electron chi connectivity index (χ3n) is 2.12. The van der Waals surface area contributed by atoms with Crippen molar-refractivity contribution in [3.63, 3.8) is 0 Å². The molecule has 14 heavy (non-hydrogen) atoms. The molecule has 0 saturated carbocycles. The van der Waals surface area contributed by atoms with E-state index in [1.165, 1.54) is 0 Å². The maximum absolute atomic E-state index is 10.4. The fourth-order valence-corrected chi connectivity index (χ4v) is 1.58. The predicted octanol–water partition coefficient (Wildman–Crippen LogP) is -1.18. The van der Waals surface area contributed by atoms with Gasteiger partial charge >= 0.3 is 11.9 Å². The van der Waals surface area contributed by atoms with Gasteiger partial charge in [0.25, 0.3) is 0 Å². The van der Waals surface area contributed by atoms with Crippen molar-refractivity contribution in [2.45, 2.75) is 12.5 Å². The Balaban J connectivity index is 2.35. The van der Waals surface area contributed by atoms with Gasteiger partial charge in [0.15, 0.2) is 0 Å². The number of nitrogens with one attached hydrogen (secondary N) is 1. The number of aliphatic carboxylic acids is 2. The number of rotatable bonds is 4. The molecular formula is C8H14N2O4. The summed E-state index contributed by atoms with van der Waals surface area (Å²) >= 11 is 0. The van der Waals surface area contributed by atoms with E-state index < -0.39 is 11.9 Å². The zero-order chi connectivity index (χ0) is 10.6. The van der Waals surface area contributed by atoms with E-state index in [2.05, 4.69) is 5.32 Å². The van der Waals surface area contributed by atoms with E-state index >= 15 is 0 Å². The molecule has 1 atom stereocenters. The van der Waals surface area contributed by atoms with Crippen LogP contribution >= 0.6 is 0 Å². The third-order valence-corrected chi connectivity index (χ3v) is 2.12. The average molecular weight is 202 g/mol. The minimum Gasteiger partial charge on any atom is -0.481 e. The number of nitrogens with zero attached hydrogens (tertiary/aromatic N) is 1. The first-order valence-electron chi connectivity index (χ1n) is 4.47. The fraction of sp³-hybridized carbons (Fsp3) is 0.750. The van der Waals surface area contributed by atoms with Gasteiger partial charge in [-0.15, -0.1) is 0 Å². The molecule has 0 amide bonds. The van der Waals surface area contributed by atoms with E-state index in [-0.39, 0.29) is 19.0 Å². The minimum absolute atomic E-state index is 0.0161. The Kier molecular flexibility index (Phi) is 3.84. The average Bonchev–Trinajstić information content (AvgIpc) is 2.01. The summed E-state index contributed by atoms with van der Waals surface area (Å²) < 4.78 is 0. The molecule has 0 aromatic rings. The van der Waals surface area contributed by atoms with Gasteiger partial charge in [0.2, 0.25) is 0 Å². The van der Waals surface area contributed by atoms with Crippen molar-refractivity contribution >= 4 is 11.9 Å². The number of hydrogen-bond acceptors (Lipinski definition) is 4. The Labute approximate surface area is 81.5 Å². The number of hydrogen-bond donors (Lipinski definition) is 3. The van der Waals surface area contributed by atoms with Gasteiger partial charge in [-0.1, -0.05) is 0 Å². The van der Waals surface area contributed by atoms with E-state index in [0.717, 1.165) is 0 Å². The highest BCUT2D eigenvalue weighted by molar-refractivity contribution is 5.69. The quantitative estimate of drug-likeness (QED) is 0.531. The molecule has 6 heteroatoms. The lowest BCUT2D eigenvalue weighted by Gasteiger charge is -2.31. The van der Waals surface area contributed by atoms with Crippen LogP contribution in [0.3, 0.4) is 0 Å². The molecule has 1 fully saturated rings. The number of carboxylic acids is 2. The highest BCUT2D eigenvalue weighted by Gasteiger charge is 2.22. The lowest BCUT2D eigenvalue weighted by atomic mass is 10.1. The van der Waals surface area contributed by atoms with Crippen LogP contribution in [0.2, 0.25) is 0 Å². The van der Waals surface area contributed by atoms with Gasteiger partial charge in [0.05, 0.1) is 13.0 Å². The van der Waals surface area contributed by atoms with Crippen LogP contribution in [-0.4, -0.2) is 59.3 Å². The highest BCUT2D eigenvalue weighted by Crippen LogP contribution is 2.02. The zero-order valence-electron chi connectivity index (χ0n) is 7.77. The molecule has 0 spiro atoms. The molecule has 1 aliphatic heterocycles. The summed E-state index contributed by atoms with van der Waals surface area (Å²) in [6, 6.07) is -0.138. The molecular weight excluding hydrogens is 188 g/mol. The van der Waals surface area contributed by atoms with E-state index in [1.54, 1.807) is 4.90 Å². The Morgan fingerprint density at radius 1 is 1.36 bits per heavy atom. The van der Waals surface area contributed by atoms with Gasteiger partial charge in [0, 0.05) is 25.7 Å². The second-order valence-electron chi connectivity index (χ2n) is 3.38. The van der Waals surface area contributed by atoms with E-state index in [4.69, 9.17) is 10.2 Å². The van der Waals surface area contributed by atoms with Crippen LogP contribution in [-0.2, 0) is 9.59 Å². The predicted molar refractivity (Wildman–Crippen MR) is 48.1 cm³/mol. The van der Waals surface area contributed by atoms with Gasteiger partial charge in [0.1, 0.15) is 0 Å². The minimum atomic E-state index is -0.874. The first kappa shape index (κ1) is 10.9. The van der Waals surface area contributed by atoms with E-state index in [1.807, 2.05) is 0 Å². The first-order chi connectivity index (χ1) is 6.58. The van der Waals surface area contributed by atoms with Crippen molar-refractivity contribution in [3.8, 4) is 0 Å². The van der Waals surface area contributed by atoms with Crippen LogP contribution < -0.4 is 5.32 Å². The Morgan fingerprint density at radius 3 is 2.64 bits per heavy atom. The first-order valence-corrected chi connectivity index (χ1v) is 4.47. The summed E-state index contributed by atoms with van der Waals surface area (Å²) in [7, 11) is 0. The molecule has 6 nitrogen and oxygen atoms in total. The Bertz CT molecular complexity index is 209. The molecule has 0 radical (unpaired) electrons. The van der Waals surface area contributed by atoms with Crippen molar-refractivity contribution in [2.75, 3.05) is 26.2 Å². The molecule has 3 N–H and O–H groups in total.